The molecule has 0 bridgehead atoms. The highest BCUT2D eigenvalue weighted by Gasteiger charge is 2.21. The minimum absolute atomic E-state index is 0.199. The number of sulfone groups is 1. The first-order valence-corrected chi connectivity index (χ1v) is 11.2. The van der Waals surface area contributed by atoms with Gasteiger partial charge < -0.3 is 10.3 Å². The molecule has 1 amide bonds. The number of aryl methyl sites for hydroxylation is 1. The molecule has 0 spiro atoms. The molecule has 0 saturated carbocycles. The summed E-state index contributed by atoms with van der Waals surface area (Å²) >= 11 is 0. The first-order valence-electron chi connectivity index (χ1n) is 9.28. The predicted octanol–water partition coefficient (Wildman–Crippen LogP) is 2.44. The van der Waals surface area contributed by atoms with Crippen molar-refractivity contribution in [1.29, 1.82) is 0 Å². The van der Waals surface area contributed by atoms with Gasteiger partial charge in [-0.2, -0.15) is 5.10 Å². The SMILES string of the molecule is Cn1nc(-c2cnc3[nH]cc(C(=O)NC(C)(C)C)c3n2)c2cc(S(C)(=O)=O)ccc21. The maximum atomic E-state index is 12.7. The normalized spacial score (nSPS) is 12.6. The van der Waals surface area contributed by atoms with Gasteiger partial charge in [0.05, 0.1) is 22.2 Å². The predicted molar refractivity (Wildman–Crippen MR) is 114 cm³/mol. The first-order chi connectivity index (χ1) is 13.9. The molecule has 3 aromatic heterocycles. The van der Waals surface area contributed by atoms with Crippen LogP contribution in [-0.4, -0.2) is 50.9 Å². The largest absolute Gasteiger partial charge is 0.347 e. The number of nitrogens with zero attached hydrogens (tertiary/aromatic N) is 4. The number of hydrogen-bond acceptors (Lipinski definition) is 6. The molecule has 30 heavy (non-hydrogen) atoms. The lowest BCUT2D eigenvalue weighted by atomic mass is 10.1. The van der Waals surface area contributed by atoms with Gasteiger partial charge in [-0.3, -0.25) is 9.48 Å². The maximum absolute atomic E-state index is 12.7. The van der Waals surface area contributed by atoms with Crippen molar-refractivity contribution in [3.05, 3.63) is 36.2 Å². The molecule has 0 saturated heterocycles. The molecular weight excluding hydrogens is 404 g/mol. The molecule has 156 valence electrons. The number of carbonyl (C=O) groups excluding carboxylic acids is 1. The average molecular weight is 427 g/mol. The molecule has 10 heteroatoms. The number of carbonyl (C=O) groups is 1. The van der Waals surface area contributed by atoms with E-state index in [1.54, 1.807) is 42.3 Å². The van der Waals surface area contributed by atoms with E-state index in [0.29, 0.717) is 33.5 Å². The van der Waals surface area contributed by atoms with E-state index in [9.17, 15) is 13.2 Å². The fraction of sp³-hybridized carbons (Fsp3) is 0.300. The van der Waals surface area contributed by atoms with Crippen molar-refractivity contribution in [1.82, 2.24) is 30.0 Å². The Morgan fingerprint density at radius 3 is 2.63 bits per heavy atom. The van der Waals surface area contributed by atoms with Gasteiger partial charge in [-0.1, -0.05) is 0 Å². The second-order valence-electron chi connectivity index (χ2n) is 8.28. The van der Waals surface area contributed by atoms with Crippen LogP contribution < -0.4 is 5.32 Å². The highest BCUT2D eigenvalue weighted by atomic mass is 32.2. The summed E-state index contributed by atoms with van der Waals surface area (Å²) in [7, 11) is -1.60. The van der Waals surface area contributed by atoms with Crippen LogP contribution >= 0.6 is 0 Å². The van der Waals surface area contributed by atoms with Crippen LogP contribution in [0.4, 0.5) is 0 Å². The number of hydrogen-bond donors (Lipinski definition) is 2. The van der Waals surface area contributed by atoms with Gasteiger partial charge in [-0.15, -0.1) is 0 Å². The topological polar surface area (TPSA) is 123 Å². The monoisotopic (exact) mass is 426 g/mol. The summed E-state index contributed by atoms with van der Waals surface area (Å²) in [5, 5.41) is 8.08. The number of amides is 1. The van der Waals surface area contributed by atoms with Crippen molar-refractivity contribution in [3.63, 3.8) is 0 Å². The lowest BCUT2D eigenvalue weighted by Gasteiger charge is -2.19. The summed E-state index contributed by atoms with van der Waals surface area (Å²) in [4.78, 5) is 24.8. The lowest BCUT2D eigenvalue weighted by molar-refractivity contribution is 0.0921. The summed E-state index contributed by atoms with van der Waals surface area (Å²) < 4.78 is 25.7. The third-order valence-corrected chi connectivity index (χ3v) is 5.72. The summed E-state index contributed by atoms with van der Waals surface area (Å²) in [6.45, 7) is 5.70. The van der Waals surface area contributed by atoms with E-state index in [4.69, 9.17) is 0 Å². The van der Waals surface area contributed by atoms with Crippen LogP contribution in [0.2, 0.25) is 0 Å². The Kier molecular flexibility index (Phi) is 4.42. The lowest BCUT2D eigenvalue weighted by Crippen LogP contribution is -2.40. The average Bonchev–Trinajstić information content (AvgIpc) is 3.20. The molecule has 4 rings (SSSR count). The molecule has 9 nitrogen and oxygen atoms in total. The molecule has 0 unspecified atom stereocenters. The quantitative estimate of drug-likeness (QED) is 0.519. The molecule has 2 N–H and O–H groups in total. The fourth-order valence-corrected chi connectivity index (χ4v) is 3.90. The number of fused-ring (bicyclic) bond motifs is 2. The third-order valence-electron chi connectivity index (χ3n) is 4.61. The zero-order chi connectivity index (χ0) is 21.8. The summed E-state index contributed by atoms with van der Waals surface area (Å²) in [6.07, 6.45) is 4.29. The van der Waals surface area contributed by atoms with Gasteiger partial charge in [0.15, 0.2) is 15.5 Å². The van der Waals surface area contributed by atoms with Gasteiger partial charge in [-0.05, 0) is 39.0 Å². The molecule has 0 aliphatic heterocycles. The molecular formula is C20H22N6O3S. The van der Waals surface area contributed by atoms with E-state index < -0.39 is 15.4 Å². The summed E-state index contributed by atoms with van der Waals surface area (Å²) in [6, 6.07) is 4.86. The van der Waals surface area contributed by atoms with Crippen molar-refractivity contribution >= 4 is 37.8 Å². The molecule has 1 aromatic carbocycles. The molecule has 4 aromatic rings. The Labute approximate surface area is 173 Å². The smallest absolute Gasteiger partial charge is 0.255 e. The zero-order valence-electron chi connectivity index (χ0n) is 17.3. The summed E-state index contributed by atoms with van der Waals surface area (Å²) in [5.41, 5.74) is 2.59. The van der Waals surface area contributed by atoms with Crippen LogP contribution in [0.25, 0.3) is 33.5 Å². The highest BCUT2D eigenvalue weighted by molar-refractivity contribution is 7.90. The molecule has 0 aliphatic rings. The third kappa shape index (κ3) is 3.54. The Morgan fingerprint density at radius 1 is 1.23 bits per heavy atom. The van der Waals surface area contributed by atoms with Crippen molar-refractivity contribution in [2.75, 3.05) is 6.26 Å². The minimum Gasteiger partial charge on any atom is -0.347 e. The fourth-order valence-electron chi connectivity index (χ4n) is 3.25. The van der Waals surface area contributed by atoms with Crippen LogP contribution in [0.3, 0.4) is 0 Å². The van der Waals surface area contributed by atoms with Gasteiger partial charge in [0.2, 0.25) is 0 Å². The van der Waals surface area contributed by atoms with Gasteiger partial charge in [0.25, 0.3) is 5.91 Å². The van der Waals surface area contributed by atoms with Crippen molar-refractivity contribution in [3.8, 4) is 11.4 Å². The Morgan fingerprint density at radius 2 is 1.97 bits per heavy atom. The van der Waals surface area contributed by atoms with Gasteiger partial charge in [-0.25, -0.2) is 18.4 Å². The molecule has 3 heterocycles. The van der Waals surface area contributed by atoms with E-state index in [1.807, 2.05) is 20.8 Å². The number of aromatic nitrogens is 5. The van der Waals surface area contributed by atoms with Crippen LogP contribution in [0.1, 0.15) is 31.1 Å². The second-order valence-corrected chi connectivity index (χ2v) is 10.3. The van der Waals surface area contributed by atoms with E-state index in [0.717, 1.165) is 11.8 Å². The standard InChI is InChI=1S/C20H22N6O3S/c1-20(2,3)24-19(27)13-9-21-18-17(13)23-14(10-22-18)16-12-8-11(30(5,28)29)6-7-15(12)26(4)25-16/h6-10H,1-5H3,(H,21,22)(H,24,27). The summed E-state index contributed by atoms with van der Waals surface area (Å²) in [5.74, 6) is -0.259. The van der Waals surface area contributed by atoms with Crippen LogP contribution in [0, 0.1) is 0 Å². The van der Waals surface area contributed by atoms with Crippen LogP contribution in [0.5, 0.6) is 0 Å². The Balaban J connectivity index is 1.89. The number of benzene rings is 1. The molecule has 0 radical (unpaired) electrons. The molecule has 0 aliphatic carbocycles. The number of rotatable bonds is 3. The van der Waals surface area contributed by atoms with E-state index in [2.05, 4.69) is 25.4 Å². The van der Waals surface area contributed by atoms with Gasteiger partial charge in [0.1, 0.15) is 16.9 Å². The number of H-pyrrole nitrogens is 1. The molecule has 0 atom stereocenters. The van der Waals surface area contributed by atoms with Crippen LogP contribution in [0.15, 0.2) is 35.5 Å². The minimum atomic E-state index is -3.38. The van der Waals surface area contributed by atoms with Crippen molar-refractivity contribution in [2.24, 2.45) is 7.05 Å². The zero-order valence-corrected chi connectivity index (χ0v) is 18.1. The number of aromatic amines is 1. The van der Waals surface area contributed by atoms with Gasteiger partial charge in [0, 0.05) is 30.4 Å². The van der Waals surface area contributed by atoms with E-state index >= 15 is 0 Å². The molecule has 0 fully saturated rings. The van der Waals surface area contributed by atoms with Crippen LogP contribution in [-0.2, 0) is 16.9 Å². The van der Waals surface area contributed by atoms with E-state index in [1.165, 1.54) is 0 Å². The van der Waals surface area contributed by atoms with Gasteiger partial charge >= 0.3 is 0 Å². The van der Waals surface area contributed by atoms with Crippen molar-refractivity contribution < 1.29 is 13.2 Å². The maximum Gasteiger partial charge on any atom is 0.255 e. The first kappa shape index (κ1) is 20.0. The number of nitrogens with one attached hydrogen (secondary N) is 2. The highest BCUT2D eigenvalue weighted by Crippen LogP contribution is 2.29. The Bertz CT molecular complexity index is 1410. The Hall–Kier alpha value is -3.27. The van der Waals surface area contributed by atoms with Crippen molar-refractivity contribution in [2.45, 2.75) is 31.2 Å². The van der Waals surface area contributed by atoms with E-state index in [-0.39, 0.29) is 10.8 Å². The second kappa shape index (κ2) is 6.63.